The van der Waals surface area contributed by atoms with Crippen molar-refractivity contribution < 1.29 is 33.3 Å². The number of rotatable bonds is 11. The summed E-state index contributed by atoms with van der Waals surface area (Å²) in [6.45, 7) is 18.0. The molecule has 73 heavy (non-hydrogen) atoms. The number of aromatic nitrogens is 4. The Kier molecular flexibility index (Phi) is 16.9. The normalized spacial score (nSPS) is 22.4. The number of halogens is 1. The SMILES string of the molecule is CN1CCC[C@H]1COc1nc2c(c(N3CCN(C(=O)O)[C@@H](CC#N)C3)n1)CCNC2.Cc1ccc(F)c(C)c1N1CCc2c(nc(OC[C@@H]3CCCN3C)nc2N2CCN(C(=O)OC(C)(C)C)[C@@H](CC#N)C2)C1. The summed E-state index contributed by atoms with van der Waals surface area (Å²) in [6, 6.07) is 8.41. The second kappa shape index (κ2) is 23.3. The van der Waals surface area contributed by atoms with Crippen molar-refractivity contribution in [2.45, 2.75) is 129 Å². The van der Waals surface area contributed by atoms with Crippen molar-refractivity contribution in [2.75, 3.05) is 107 Å². The van der Waals surface area contributed by atoms with E-state index in [1.54, 1.807) is 4.90 Å². The number of carbonyl (C=O) groups is 2. The Morgan fingerprint density at radius 3 is 1.86 bits per heavy atom. The van der Waals surface area contributed by atoms with Crippen molar-refractivity contribution in [1.29, 1.82) is 10.5 Å². The zero-order valence-electron chi connectivity index (χ0n) is 43.7. The lowest BCUT2D eigenvalue weighted by Gasteiger charge is -2.42. The van der Waals surface area contributed by atoms with Crippen molar-refractivity contribution in [1.82, 2.24) is 44.9 Å². The molecule has 3 aromatic rings. The molecule has 2 amide bonds. The first-order chi connectivity index (χ1) is 35.0. The monoisotopic (exact) mass is 1010 g/mol. The predicted molar refractivity (Wildman–Crippen MR) is 273 cm³/mol. The molecule has 0 bridgehead atoms. The maximum atomic E-state index is 14.6. The Labute approximate surface area is 429 Å². The van der Waals surface area contributed by atoms with Crippen molar-refractivity contribution in [3.05, 3.63) is 51.6 Å². The van der Waals surface area contributed by atoms with Gasteiger partial charge < -0.3 is 58.9 Å². The number of carboxylic acid groups (broad SMARTS) is 1. The van der Waals surface area contributed by atoms with E-state index in [1.165, 1.54) is 17.4 Å². The van der Waals surface area contributed by atoms with Gasteiger partial charge in [0.1, 0.15) is 36.3 Å². The zero-order chi connectivity index (χ0) is 52.0. The second-order valence-corrected chi connectivity index (χ2v) is 21.2. The molecule has 0 unspecified atom stereocenters. The largest absolute Gasteiger partial charge is 0.465 e. The molecule has 0 spiro atoms. The first-order valence-electron chi connectivity index (χ1n) is 25.9. The summed E-state index contributed by atoms with van der Waals surface area (Å²) in [5, 5.41) is 31.6. The standard InChI is InChI=1S/C32H44FN7O3.C20H29N7O3/c1-21-9-10-26(33)22(2)28(21)38-15-12-25-27(19-38)35-30(42-20-24-8-7-14-37(24)6)36-29(25)39-16-17-40(23(18-39)11-13-34)31(41)43-32(3,4)5;1-25-8-2-3-15(25)13-30-19-23-17-11-22-7-5-16(17)18(24-19)26-9-10-27(20(28)29)14(12-26)4-6-21/h9-10,23-24H,7-8,11-12,14-20H2,1-6H3;14-15,22H,2-5,7-13H2,1H3,(H,28,29)/t23-,24-;14-,15-/m00/s1. The van der Waals surface area contributed by atoms with E-state index in [4.69, 9.17) is 34.4 Å². The number of likely N-dealkylation sites (N-methyl/N-ethyl adjacent to an activating group) is 2. The molecule has 4 saturated heterocycles. The highest BCUT2D eigenvalue weighted by molar-refractivity contribution is 5.70. The summed E-state index contributed by atoms with van der Waals surface area (Å²) in [5.74, 6) is 1.40. The highest BCUT2D eigenvalue weighted by atomic mass is 19.1. The van der Waals surface area contributed by atoms with Crippen LogP contribution in [0.15, 0.2) is 12.1 Å². The van der Waals surface area contributed by atoms with Gasteiger partial charge in [-0.1, -0.05) is 6.07 Å². The summed E-state index contributed by atoms with van der Waals surface area (Å²) in [7, 11) is 4.22. The van der Waals surface area contributed by atoms with Gasteiger partial charge in [0.2, 0.25) is 0 Å². The lowest BCUT2D eigenvalue weighted by Crippen LogP contribution is -2.56. The molecule has 6 aliphatic rings. The van der Waals surface area contributed by atoms with Gasteiger partial charge in [-0.05, 0) is 119 Å². The molecule has 4 atom stereocenters. The van der Waals surface area contributed by atoms with Gasteiger partial charge in [0.05, 0.1) is 55.0 Å². The lowest BCUT2D eigenvalue weighted by molar-refractivity contribution is 0.0144. The maximum absolute atomic E-state index is 14.6. The van der Waals surface area contributed by atoms with Crippen LogP contribution in [0.25, 0.3) is 0 Å². The Hall–Kier alpha value is -6.29. The predicted octanol–water partition coefficient (Wildman–Crippen LogP) is 5.29. The number of hydrogen-bond donors (Lipinski definition) is 2. The fourth-order valence-electron chi connectivity index (χ4n) is 11.0. The average molecular weight is 1010 g/mol. The quantitative estimate of drug-likeness (QED) is 0.250. The molecule has 1 aromatic carbocycles. The van der Waals surface area contributed by atoms with Crippen molar-refractivity contribution in [3.8, 4) is 24.2 Å². The summed E-state index contributed by atoms with van der Waals surface area (Å²) in [5.41, 5.74) is 5.88. The van der Waals surface area contributed by atoms with Crippen molar-refractivity contribution in [3.63, 3.8) is 0 Å². The third kappa shape index (κ3) is 12.6. The van der Waals surface area contributed by atoms with Gasteiger partial charge in [-0.15, -0.1) is 0 Å². The minimum absolute atomic E-state index is 0.162. The van der Waals surface area contributed by atoms with E-state index in [9.17, 15) is 24.3 Å². The number of amides is 2. The number of nitrogens with zero attached hydrogens (tertiary/aromatic N) is 13. The van der Waals surface area contributed by atoms with Crippen LogP contribution in [0, 0.1) is 42.3 Å². The first-order valence-corrected chi connectivity index (χ1v) is 25.9. The molecule has 0 saturated carbocycles. The number of likely N-dealkylation sites (tertiary alicyclic amines) is 2. The van der Waals surface area contributed by atoms with Crippen LogP contribution in [0.2, 0.25) is 0 Å². The van der Waals surface area contributed by atoms with Crippen LogP contribution in [-0.2, 0) is 30.7 Å². The lowest BCUT2D eigenvalue weighted by atomic mass is 10.00. The number of anilines is 3. The second-order valence-electron chi connectivity index (χ2n) is 21.2. The van der Waals surface area contributed by atoms with E-state index in [0.717, 1.165) is 90.7 Å². The molecule has 0 aliphatic carbocycles. The Morgan fingerprint density at radius 1 is 0.753 bits per heavy atom. The van der Waals surface area contributed by atoms with Gasteiger partial charge in [0.25, 0.3) is 0 Å². The minimum Gasteiger partial charge on any atom is -0.465 e. The highest BCUT2D eigenvalue weighted by Gasteiger charge is 2.37. The molecule has 21 heteroatoms. The van der Waals surface area contributed by atoms with Crippen LogP contribution in [0.1, 0.15) is 92.9 Å². The molecule has 6 aliphatic heterocycles. The Bertz CT molecular complexity index is 2550. The number of carbonyl (C=O) groups excluding carboxylic acids is 1. The summed E-state index contributed by atoms with van der Waals surface area (Å²) < 4.78 is 32.5. The Balaban J connectivity index is 0.000000207. The van der Waals surface area contributed by atoms with Gasteiger partial charge in [0, 0.05) is 86.8 Å². The topological polar surface area (TPSA) is 216 Å². The van der Waals surface area contributed by atoms with E-state index in [0.29, 0.717) is 108 Å². The van der Waals surface area contributed by atoms with Crippen molar-refractivity contribution >= 4 is 29.5 Å². The summed E-state index contributed by atoms with van der Waals surface area (Å²) >= 11 is 0. The molecular weight excluding hydrogens is 936 g/mol. The van der Waals surface area contributed by atoms with Crippen LogP contribution in [0.4, 0.5) is 31.3 Å². The average Bonchev–Trinajstić information content (AvgIpc) is 3.98. The van der Waals surface area contributed by atoms with Crippen LogP contribution in [0.3, 0.4) is 0 Å². The van der Waals surface area contributed by atoms with Crippen LogP contribution in [-0.4, -0.2) is 179 Å². The number of nitriles is 2. The molecule has 20 nitrogen and oxygen atoms in total. The number of hydrogen-bond acceptors (Lipinski definition) is 17. The molecule has 8 heterocycles. The number of ether oxygens (including phenoxy) is 3. The molecule has 4 fully saturated rings. The van der Waals surface area contributed by atoms with Gasteiger partial charge in [0.15, 0.2) is 0 Å². The molecular formula is C52H73FN14O6. The van der Waals surface area contributed by atoms with Crippen molar-refractivity contribution in [2.24, 2.45) is 0 Å². The minimum atomic E-state index is -0.978. The highest BCUT2D eigenvalue weighted by Crippen LogP contribution is 2.36. The van der Waals surface area contributed by atoms with Crippen LogP contribution >= 0.6 is 0 Å². The number of nitrogens with one attached hydrogen (secondary N) is 1. The Morgan fingerprint density at radius 2 is 1.32 bits per heavy atom. The third-order valence-electron chi connectivity index (χ3n) is 15.0. The summed E-state index contributed by atoms with van der Waals surface area (Å²) in [4.78, 5) is 57.9. The van der Waals surface area contributed by atoms with E-state index in [1.807, 2.05) is 40.7 Å². The number of aryl methyl sites for hydroxylation is 1. The first kappa shape index (κ1) is 53.0. The van der Waals surface area contributed by atoms with E-state index >= 15 is 0 Å². The van der Waals surface area contributed by atoms with E-state index < -0.39 is 17.8 Å². The maximum Gasteiger partial charge on any atom is 0.410 e. The number of fused-ring (bicyclic) bond motifs is 2. The molecule has 2 N–H and O–H groups in total. The van der Waals surface area contributed by atoms with Gasteiger partial charge in [-0.2, -0.15) is 30.5 Å². The fourth-order valence-corrected chi connectivity index (χ4v) is 11.0. The van der Waals surface area contributed by atoms with Gasteiger partial charge >= 0.3 is 24.2 Å². The molecule has 2 aromatic heterocycles. The smallest absolute Gasteiger partial charge is 0.410 e. The number of piperazine rings is 2. The van der Waals surface area contributed by atoms with E-state index in [-0.39, 0.29) is 30.7 Å². The van der Waals surface area contributed by atoms with Crippen LogP contribution in [0.5, 0.6) is 12.0 Å². The fraction of sp³-hybridized carbons (Fsp3) is 0.654. The van der Waals surface area contributed by atoms with Crippen LogP contribution < -0.4 is 29.5 Å². The molecule has 394 valence electrons. The van der Waals surface area contributed by atoms with Gasteiger partial charge in [-0.3, -0.25) is 0 Å². The molecule has 0 radical (unpaired) electrons. The van der Waals surface area contributed by atoms with E-state index in [2.05, 4.69) is 61.0 Å². The number of benzene rings is 1. The zero-order valence-corrected chi connectivity index (χ0v) is 43.7. The van der Waals surface area contributed by atoms with Gasteiger partial charge in [-0.25, -0.2) is 14.0 Å². The summed E-state index contributed by atoms with van der Waals surface area (Å²) in [6.07, 6.45) is 4.97. The third-order valence-corrected chi connectivity index (χ3v) is 15.0. The molecule has 9 rings (SSSR count).